The van der Waals surface area contributed by atoms with Crippen molar-refractivity contribution in [3.8, 4) is 0 Å². The molecule has 2 saturated heterocycles. The summed E-state index contributed by atoms with van der Waals surface area (Å²) in [6, 6.07) is 8.25. The number of fused-ring (bicyclic) bond motifs is 2. The largest absolute Gasteiger partial charge is 0.361 e. The Morgan fingerprint density at radius 3 is 2.85 bits per heavy atom. The molecule has 0 aliphatic carbocycles. The number of carbonyl (C=O) groups is 1. The summed E-state index contributed by atoms with van der Waals surface area (Å²) in [5.41, 5.74) is 8.51. The van der Waals surface area contributed by atoms with Gasteiger partial charge < -0.3 is 15.6 Å². The number of hydrogen-bond acceptors (Lipinski definition) is 3. The van der Waals surface area contributed by atoms with Crippen LogP contribution in [0.15, 0.2) is 30.5 Å². The van der Waals surface area contributed by atoms with E-state index >= 15 is 0 Å². The van der Waals surface area contributed by atoms with Gasteiger partial charge in [-0.25, -0.2) is 0 Å². The van der Waals surface area contributed by atoms with Crippen molar-refractivity contribution in [1.82, 2.24) is 14.8 Å². The quantitative estimate of drug-likeness (QED) is 0.834. The zero-order valence-corrected chi connectivity index (χ0v) is 16.5. The number of rotatable bonds is 3. The molecule has 0 spiro atoms. The highest BCUT2D eigenvalue weighted by molar-refractivity contribution is 5.86. The summed E-state index contributed by atoms with van der Waals surface area (Å²) in [6.45, 7) is 3.85. The van der Waals surface area contributed by atoms with Gasteiger partial charge in [0.05, 0.1) is 6.04 Å². The minimum absolute atomic E-state index is 0. The van der Waals surface area contributed by atoms with Crippen LogP contribution in [0.2, 0.25) is 0 Å². The predicted molar refractivity (Wildman–Crippen MR) is 110 cm³/mol. The van der Waals surface area contributed by atoms with E-state index in [9.17, 15) is 4.79 Å². The summed E-state index contributed by atoms with van der Waals surface area (Å²) in [6.07, 6.45) is 6.36. The summed E-state index contributed by atoms with van der Waals surface area (Å²) in [7, 11) is 0. The number of piperazine rings is 1. The molecule has 3 N–H and O–H groups in total. The Bertz CT molecular complexity index is 735. The number of hydrogen-bond donors (Lipinski definition) is 2. The molecule has 1 unspecified atom stereocenters. The topological polar surface area (TPSA) is 65.4 Å². The van der Waals surface area contributed by atoms with E-state index in [-0.39, 0.29) is 30.7 Å². The maximum absolute atomic E-state index is 12.8. The monoisotopic (exact) mass is 398 g/mol. The molecular weight excluding hydrogens is 371 g/mol. The fourth-order valence-electron chi connectivity index (χ4n) is 4.22. The summed E-state index contributed by atoms with van der Waals surface area (Å²) < 4.78 is 0. The zero-order chi connectivity index (χ0) is 16.5. The number of amides is 1. The van der Waals surface area contributed by atoms with Crippen LogP contribution in [0.5, 0.6) is 0 Å². The van der Waals surface area contributed by atoms with E-state index in [1.807, 2.05) is 23.2 Å². The lowest BCUT2D eigenvalue weighted by atomic mass is 9.98. The van der Waals surface area contributed by atoms with E-state index in [2.05, 4.69) is 22.0 Å². The molecule has 2 fully saturated rings. The van der Waals surface area contributed by atoms with Gasteiger partial charge in [0.1, 0.15) is 0 Å². The van der Waals surface area contributed by atoms with Gasteiger partial charge in [-0.2, -0.15) is 0 Å². The van der Waals surface area contributed by atoms with E-state index in [4.69, 9.17) is 5.73 Å². The Morgan fingerprint density at radius 2 is 2.00 bits per heavy atom. The van der Waals surface area contributed by atoms with Crippen molar-refractivity contribution >= 4 is 41.6 Å². The Labute approximate surface area is 167 Å². The first kappa shape index (κ1) is 21.0. The van der Waals surface area contributed by atoms with Gasteiger partial charge in [0.15, 0.2) is 0 Å². The summed E-state index contributed by atoms with van der Waals surface area (Å²) in [5, 5.41) is 1.16. The summed E-state index contributed by atoms with van der Waals surface area (Å²) in [5.74, 6) is 0.102. The standard InChI is InChI=1S/C19H26N4O.2ClH/c20-17(11-14-12-21-18-7-2-1-6-16(14)18)19(24)23-10-9-22-8-4-3-5-15(22)13-23;;/h1-2,6-7,12,15,17,21H,3-5,8-11,13,20H2;2*1H/t15?,17-;;/m0../s1. The Balaban J connectivity index is 0.00000121. The maximum atomic E-state index is 12.8. The molecule has 0 saturated carbocycles. The number of piperidine rings is 1. The highest BCUT2D eigenvalue weighted by Crippen LogP contribution is 2.22. The fraction of sp³-hybridized carbons (Fsp3) is 0.526. The second kappa shape index (κ2) is 9.09. The van der Waals surface area contributed by atoms with Crippen LogP contribution in [0, 0.1) is 0 Å². The van der Waals surface area contributed by atoms with Gasteiger partial charge in [-0.1, -0.05) is 24.6 Å². The molecule has 2 atom stereocenters. The van der Waals surface area contributed by atoms with Crippen LogP contribution < -0.4 is 5.73 Å². The van der Waals surface area contributed by atoms with Gasteiger partial charge in [0, 0.05) is 42.8 Å². The Hall–Kier alpha value is -1.27. The third-order valence-corrected chi connectivity index (χ3v) is 5.58. The van der Waals surface area contributed by atoms with Gasteiger partial charge in [-0.05, 0) is 37.4 Å². The minimum atomic E-state index is -0.459. The minimum Gasteiger partial charge on any atom is -0.361 e. The number of para-hydroxylation sites is 1. The van der Waals surface area contributed by atoms with E-state index in [1.54, 1.807) is 0 Å². The highest BCUT2D eigenvalue weighted by Gasteiger charge is 2.32. The van der Waals surface area contributed by atoms with Crippen molar-refractivity contribution in [1.29, 1.82) is 0 Å². The van der Waals surface area contributed by atoms with Gasteiger partial charge >= 0.3 is 0 Å². The molecule has 0 radical (unpaired) electrons. The lowest BCUT2D eigenvalue weighted by Gasteiger charge is -2.44. The van der Waals surface area contributed by atoms with Crippen LogP contribution in [0.25, 0.3) is 10.9 Å². The number of nitrogens with one attached hydrogen (secondary N) is 1. The van der Waals surface area contributed by atoms with Crippen molar-refractivity contribution in [2.24, 2.45) is 5.73 Å². The molecule has 7 heteroatoms. The number of nitrogens with zero attached hydrogens (tertiary/aromatic N) is 2. The van der Waals surface area contributed by atoms with Crippen molar-refractivity contribution in [2.45, 2.75) is 37.8 Å². The lowest BCUT2D eigenvalue weighted by molar-refractivity contribution is -0.136. The molecular formula is C19H28Cl2N4O. The number of H-pyrrole nitrogens is 1. The molecule has 1 aromatic carbocycles. The van der Waals surface area contributed by atoms with Crippen LogP contribution in [0.4, 0.5) is 0 Å². The van der Waals surface area contributed by atoms with Crippen LogP contribution in [-0.2, 0) is 11.2 Å². The first-order valence-electron chi connectivity index (χ1n) is 9.06. The maximum Gasteiger partial charge on any atom is 0.239 e. The van der Waals surface area contributed by atoms with Crippen LogP contribution in [0.1, 0.15) is 24.8 Å². The number of benzene rings is 1. The number of aromatic nitrogens is 1. The molecule has 1 aromatic heterocycles. The van der Waals surface area contributed by atoms with Gasteiger partial charge in [0.2, 0.25) is 5.91 Å². The second-order valence-corrected chi connectivity index (χ2v) is 7.14. The Kier molecular flexibility index (Phi) is 7.35. The molecule has 2 aliphatic rings. The van der Waals surface area contributed by atoms with Crippen LogP contribution in [0.3, 0.4) is 0 Å². The van der Waals surface area contributed by atoms with Crippen molar-refractivity contribution in [3.63, 3.8) is 0 Å². The molecule has 3 heterocycles. The van der Waals surface area contributed by atoms with Crippen molar-refractivity contribution in [2.75, 3.05) is 26.2 Å². The first-order valence-corrected chi connectivity index (χ1v) is 9.06. The molecule has 1 amide bonds. The third kappa shape index (κ3) is 4.17. The predicted octanol–water partition coefficient (Wildman–Crippen LogP) is 2.58. The van der Waals surface area contributed by atoms with Gasteiger partial charge in [-0.3, -0.25) is 9.69 Å². The zero-order valence-electron chi connectivity index (χ0n) is 14.9. The van der Waals surface area contributed by atoms with Gasteiger partial charge in [0.25, 0.3) is 0 Å². The molecule has 2 aliphatic heterocycles. The van der Waals surface area contributed by atoms with E-state index in [0.29, 0.717) is 12.5 Å². The highest BCUT2D eigenvalue weighted by atomic mass is 35.5. The Morgan fingerprint density at radius 1 is 1.19 bits per heavy atom. The van der Waals surface area contributed by atoms with Crippen molar-refractivity contribution in [3.05, 3.63) is 36.0 Å². The normalized spacial score (nSPS) is 21.4. The lowest BCUT2D eigenvalue weighted by Crippen LogP contribution is -2.58. The van der Waals surface area contributed by atoms with Crippen molar-refractivity contribution < 1.29 is 4.79 Å². The fourth-order valence-corrected chi connectivity index (χ4v) is 4.22. The molecule has 4 rings (SSSR count). The smallest absolute Gasteiger partial charge is 0.239 e. The summed E-state index contributed by atoms with van der Waals surface area (Å²) >= 11 is 0. The summed E-state index contributed by atoms with van der Waals surface area (Å²) in [4.78, 5) is 20.6. The number of aromatic amines is 1. The molecule has 144 valence electrons. The molecule has 0 bridgehead atoms. The number of nitrogens with two attached hydrogens (primary N) is 1. The van der Waals surface area contributed by atoms with Crippen LogP contribution >= 0.6 is 24.8 Å². The number of carbonyl (C=O) groups excluding carboxylic acids is 1. The molecule has 2 aromatic rings. The average molecular weight is 399 g/mol. The first-order chi connectivity index (χ1) is 11.7. The average Bonchev–Trinajstić information content (AvgIpc) is 3.03. The van der Waals surface area contributed by atoms with E-state index < -0.39 is 6.04 Å². The van der Waals surface area contributed by atoms with Crippen LogP contribution in [-0.4, -0.2) is 59.0 Å². The third-order valence-electron chi connectivity index (χ3n) is 5.58. The second-order valence-electron chi connectivity index (χ2n) is 7.14. The van der Waals surface area contributed by atoms with E-state index in [0.717, 1.165) is 36.1 Å². The molecule has 5 nitrogen and oxygen atoms in total. The SMILES string of the molecule is Cl.Cl.N[C@@H](Cc1c[nH]c2ccccc12)C(=O)N1CCN2CCCCC2C1. The number of halogens is 2. The van der Waals surface area contributed by atoms with Gasteiger partial charge in [-0.15, -0.1) is 24.8 Å². The molecule has 26 heavy (non-hydrogen) atoms. The van der Waals surface area contributed by atoms with E-state index in [1.165, 1.54) is 25.8 Å².